The van der Waals surface area contributed by atoms with Gasteiger partial charge in [0.2, 0.25) is 11.8 Å². The summed E-state index contributed by atoms with van der Waals surface area (Å²) in [6.07, 6.45) is 1.67. The lowest BCUT2D eigenvalue weighted by molar-refractivity contribution is -0.142. The molecule has 1 fully saturated rings. The van der Waals surface area contributed by atoms with Gasteiger partial charge in [0, 0.05) is 23.9 Å². The molecule has 7 nitrogen and oxygen atoms in total. The van der Waals surface area contributed by atoms with Crippen LogP contribution in [0.15, 0.2) is 71.6 Å². The van der Waals surface area contributed by atoms with Crippen molar-refractivity contribution in [2.24, 2.45) is 11.3 Å². The summed E-state index contributed by atoms with van der Waals surface area (Å²) in [5.74, 6) is 0.0459. The zero-order valence-corrected chi connectivity index (χ0v) is 25.3. The number of carbonyl (C=O) groups is 2. The second-order valence-corrected chi connectivity index (χ2v) is 14.6. The van der Waals surface area contributed by atoms with E-state index in [4.69, 9.17) is 0 Å². The van der Waals surface area contributed by atoms with Gasteiger partial charge in [-0.05, 0) is 58.9 Å². The van der Waals surface area contributed by atoms with E-state index < -0.39 is 20.7 Å². The van der Waals surface area contributed by atoms with Gasteiger partial charge in [-0.15, -0.1) is 0 Å². The first kappa shape index (κ1) is 29.0. The number of hydrogen-bond acceptors (Lipinski definition) is 5. The number of aliphatic hydroxyl groups excluding tert-OH is 1. The maximum Gasteiger partial charge on any atom is 0.244 e. The van der Waals surface area contributed by atoms with Gasteiger partial charge in [0.25, 0.3) is 0 Å². The Labute approximate surface area is 242 Å². The van der Waals surface area contributed by atoms with E-state index in [0.717, 1.165) is 23.1 Å². The standard InChI is InChI=1S/C33H38N2O5S/c1-21(2)29-33(16-17-34(29)30(37)32(3,4)5)26-12-7-8-13-27(26)35(31(33)38)25-11-9-10-22(18-25)23-14-15-24(20-36)28(19-23)41(6,39)40/h7-15,18-19,21,29,36H,16-17,20H2,1-6H3/t29-,33?/m0/s1. The molecule has 0 bridgehead atoms. The molecule has 2 atom stereocenters. The van der Waals surface area contributed by atoms with Crippen molar-refractivity contribution >= 4 is 33.0 Å². The second-order valence-electron chi connectivity index (χ2n) is 12.6. The number of para-hydroxylation sites is 1. The minimum absolute atomic E-state index is 0.0477. The number of benzene rings is 3. The molecule has 0 saturated carbocycles. The number of carbonyl (C=O) groups excluding carboxylic acids is 2. The summed E-state index contributed by atoms with van der Waals surface area (Å²) < 4.78 is 24.9. The summed E-state index contributed by atoms with van der Waals surface area (Å²) in [6.45, 7) is 10.0. The highest BCUT2D eigenvalue weighted by atomic mass is 32.2. The molecule has 1 saturated heterocycles. The maximum absolute atomic E-state index is 14.7. The number of amides is 2. The van der Waals surface area contributed by atoms with Crippen molar-refractivity contribution in [1.29, 1.82) is 0 Å². The van der Waals surface area contributed by atoms with Gasteiger partial charge >= 0.3 is 0 Å². The molecule has 216 valence electrons. The first-order valence-electron chi connectivity index (χ1n) is 14.0. The summed E-state index contributed by atoms with van der Waals surface area (Å²) >= 11 is 0. The topological polar surface area (TPSA) is 95.0 Å². The highest BCUT2D eigenvalue weighted by Crippen LogP contribution is 2.55. The Bertz CT molecular complexity index is 1640. The third-order valence-corrected chi connectivity index (χ3v) is 9.59. The summed E-state index contributed by atoms with van der Waals surface area (Å²) in [7, 11) is -3.56. The molecule has 0 aliphatic carbocycles. The minimum atomic E-state index is -3.56. The van der Waals surface area contributed by atoms with Gasteiger partial charge in [-0.3, -0.25) is 14.5 Å². The number of anilines is 2. The molecule has 2 aliphatic rings. The van der Waals surface area contributed by atoms with Gasteiger partial charge in [-0.25, -0.2) is 8.42 Å². The summed E-state index contributed by atoms with van der Waals surface area (Å²) in [6, 6.07) is 20.0. The van der Waals surface area contributed by atoms with E-state index in [0.29, 0.717) is 29.8 Å². The van der Waals surface area contributed by atoms with Crippen molar-refractivity contribution in [2.45, 2.75) is 64.0 Å². The largest absolute Gasteiger partial charge is 0.392 e. The normalized spacial score (nSPS) is 20.8. The second kappa shape index (κ2) is 10.1. The predicted molar refractivity (Wildman–Crippen MR) is 161 cm³/mol. The number of rotatable bonds is 5. The highest BCUT2D eigenvalue weighted by Gasteiger charge is 2.62. The SMILES string of the molecule is CC(C)[C@@H]1N(C(=O)C(C)(C)C)CCC12C(=O)N(c1cccc(-c3ccc(CO)c(S(C)(=O)=O)c3)c1)c1ccccc12. The molecular weight excluding hydrogens is 536 g/mol. The summed E-state index contributed by atoms with van der Waals surface area (Å²) in [5.41, 5.74) is 2.74. The molecule has 0 aromatic heterocycles. The molecule has 41 heavy (non-hydrogen) atoms. The van der Waals surface area contributed by atoms with Crippen molar-refractivity contribution in [1.82, 2.24) is 4.90 Å². The molecular formula is C33H38N2O5S. The van der Waals surface area contributed by atoms with Gasteiger partial charge in [0.1, 0.15) is 0 Å². The third kappa shape index (κ3) is 4.67. The zero-order chi connectivity index (χ0) is 29.9. The molecule has 3 aromatic carbocycles. The van der Waals surface area contributed by atoms with Crippen LogP contribution in [0.4, 0.5) is 11.4 Å². The van der Waals surface area contributed by atoms with Crippen LogP contribution < -0.4 is 4.90 Å². The molecule has 2 heterocycles. The third-order valence-electron chi connectivity index (χ3n) is 8.41. The van der Waals surface area contributed by atoms with Crippen LogP contribution in [0.2, 0.25) is 0 Å². The molecule has 2 aliphatic heterocycles. The lowest BCUT2D eigenvalue weighted by Gasteiger charge is -2.39. The molecule has 0 radical (unpaired) electrons. The van der Waals surface area contributed by atoms with Crippen LogP contribution in [0, 0.1) is 11.3 Å². The number of sulfone groups is 1. The van der Waals surface area contributed by atoms with Crippen LogP contribution >= 0.6 is 0 Å². The molecule has 1 unspecified atom stereocenters. The Hall–Kier alpha value is -3.49. The molecule has 2 amide bonds. The summed E-state index contributed by atoms with van der Waals surface area (Å²) in [4.78, 5) is 32.1. The molecule has 5 rings (SSSR count). The first-order chi connectivity index (χ1) is 19.2. The van der Waals surface area contributed by atoms with Crippen molar-refractivity contribution in [3.63, 3.8) is 0 Å². The molecule has 8 heteroatoms. The zero-order valence-electron chi connectivity index (χ0n) is 24.5. The van der Waals surface area contributed by atoms with Gasteiger partial charge in [-0.1, -0.05) is 77.1 Å². The van der Waals surface area contributed by atoms with Gasteiger partial charge in [0.15, 0.2) is 9.84 Å². The monoisotopic (exact) mass is 574 g/mol. The average Bonchev–Trinajstić information content (AvgIpc) is 3.44. The number of nitrogens with zero attached hydrogens (tertiary/aromatic N) is 2. The highest BCUT2D eigenvalue weighted by molar-refractivity contribution is 7.90. The van der Waals surface area contributed by atoms with Crippen molar-refractivity contribution in [3.05, 3.63) is 77.9 Å². The number of likely N-dealkylation sites (tertiary alicyclic amines) is 1. The summed E-state index contributed by atoms with van der Waals surface area (Å²) in [5, 5.41) is 9.68. The van der Waals surface area contributed by atoms with Crippen LogP contribution in [0.5, 0.6) is 0 Å². The Morgan fingerprint density at radius 2 is 1.71 bits per heavy atom. The molecule has 1 N–H and O–H groups in total. The molecule has 3 aromatic rings. The quantitative estimate of drug-likeness (QED) is 0.436. The fourth-order valence-electron chi connectivity index (χ4n) is 6.73. The lowest BCUT2D eigenvalue weighted by atomic mass is 9.71. The Kier molecular flexibility index (Phi) is 7.15. The van der Waals surface area contributed by atoms with Gasteiger partial charge < -0.3 is 10.0 Å². The van der Waals surface area contributed by atoms with E-state index in [1.807, 2.05) is 74.2 Å². The van der Waals surface area contributed by atoms with E-state index in [-0.39, 0.29) is 35.3 Å². The van der Waals surface area contributed by atoms with E-state index in [2.05, 4.69) is 13.8 Å². The van der Waals surface area contributed by atoms with E-state index >= 15 is 0 Å². The smallest absolute Gasteiger partial charge is 0.244 e. The van der Waals surface area contributed by atoms with Crippen LogP contribution in [-0.2, 0) is 31.4 Å². The van der Waals surface area contributed by atoms with Gasteiger partial charge in [0.05, 0.1) is 28.6 Å². The van der Waals surface area contributed by atoms with E-state index in [1.165, 1.54) is 0 Å². The number of fused-ring (bicyclic) bond motifs is 2. The van der Waals surface area contributed by atoms with Crippen LogP contribution in [0.25, 0.3) is 11.1 Å². The lowest BCUT2D eigenvalue weighted by Crippen LogP contribution is -2.54. The Balaban J connectivity index is 1.63. The Morgan fingerprint density at radius 1 is 1.02 bits per heavy atom. The van der Waals surface area contributed by atoms with Crippen LogP contribution in [-0.4, -0.2) is 49.1 Å². The first-order valence-corrected chi connectivity index (χ1v) is 15.9. The van der Waals surface area contributed by atoms with E-state index in [9.17, 15) is 23.1 Å². The molecule has 1 spiro atoms. The van der Waals surface area contributed by atoms with Crippen molar-refractivity contribution in [2.75, 3.05) is 17.7 Å². The Morgan fingerprint density at radius 3 is 2.34 bits per heavy atom. The maximum atomic E-state index is 14.7. The minimum Gasteiger partial charge on any atom is -0.392 e. The average molecular weight is 575 g/mol. The van der Waals surface area contributed by atoms with E-state index in [1.54, 1.807) is 23.1 Å². The number of aliphatic hydroxyl groups is 1. The van der Waals surface area contributed by atoms with Crippen molar-refractivity contribution in [3.8, 4) is 11.1 Å². The predicted octanol–water partition coefficient (Wildman–Crippen LogP) is 5.47. The fourth-order valence-corrected chi connectivity index (χ4v) is 7.68. The van der Waals surface area contributed by atoms with Gasteiger partial charge in [-0.2, -0.15) is 0 Å². The number of hydrogen-bond donors (Lipinski definition) is 1. The van der Waals surface area contributed by atoms with Crippen LogP contribution in [0.1, 0.15) is 52.2 Å². The fraction of sp³-hybridized carbons (Fsp3) is 0.394. The van der Waals surface area contributed by atoms with Crippen molar-refractivity contribution < 1.29 is 23.1 Å². The van der Waals surface area contributed by atoms with Crippen LogP contribution in [0.3, 0.4) is 0 Å².